The van der Waals surface area contributed by atoms with Crippen LogP contribution in [0.2, 0.25) is 0 Å². The third kappa shape index (κ3) is 4.62. The van der Waals surface area contributed by atoms with E-state index >= 15 is 0 Å². The Balaban J connectivity index is 1.56. The standard InChI is InChI=1S/C20H28N4O4/c1-13(20(2,3)26)21-18(25)15-9-11-24(12-10-15)19-22-17(23-28-19)14-5-7-16(27-4)8-6-14/h5-8,13,15,26H,9-12H2,1-4H3,(H,21,25). The number of hydrogen-bond acceptors (Lipinski definition) is 7. The molecule has 1 amide bonds. The maximum absolute atomic E-state index is 12.4. The Hall–Kier alpha value is -2.61. The van der Waals surface area contributed by atoms with E-state index in [-0.39, 0.29) is 17.9 Å². The topological polar surface area (TPSA) is 101 Å². The Bertz CT molecular complexity index is 789. The first-order valence-electron chi connectivity index (χ1n) is 9.53. The average Bonchev–Trinajstić information content (AvgIpc) is 3.17. The number of rotatable bonds is 6. The summed E-state index contributed by atoms with van der Waals surface area (Å²) >= 11 is 0. The van der Waals surface area contributed by atoms with Crippen LogP contribution in [0.4, 0.5) is 6.01 Å². The van der Waals surface area contributed by atoms with Crippen molar-refractivity contribution in [1.82, 2.24) is 15.5 Å². The molecule has 1 aliphatic rings. The molecule has 28 heavy (non-hydrogen) atoms. The fourth-order valence-electron chi connectivity index (χ4n) is 3.04. The number of nitrogens with one attached hydrogen (secondary N) is 1. The molecule has 2 heterocycles. The van der Waals surface area contributed by atoms with Crippen molar-refractivity contribution in [3.63, 3.8) is 0 Å². The molecule has 3 rings (SSSR count). The number of amides is 1. The van der Waals surface area contributed by atoms with Gasteiger partial charge in [0, 0.05) is 24.6 Å². The monoisotopic (exact) mass is 388 g/mol. The quantitative estimate of drug-likeness (QED) is 0.783. The van der Waals surface area contributed by atoms with Gasteiger partial charge in [0.2, 0.25) is 11.7 Å². The van der Waals surface area contributed by atoms with Gasteiger partial charge in [0.15, 0.2) is 0 Å². The zero-order chi connectivity index (χ0) is 20.3. The van der Waals surface area contributed by atoms with Gasteiger partial charge in [0.05, 0.1) is 18.8 Å². The highest BCUT2D eigenvalue weighted by atomic mass is 16.5. The molecule has 8 nitrogen and oxygen atoms in total. The van der Waals surface area contributed by atoms with E-state index in [2.05, 4.69) is 15.5 Å². The highest BCUT2D eigenvalue weighted by molar-refractivity contribution is 5.79. The molecule has 0 bridgehead atoms. The fourth-order valence-corrected chi connectivity index (χ4v) is 3.04. The summed E-state index contributed by atoms with van der Waals surface area (Å²) in [6.45, 7) is 6.53. The summed E-state index contributed by atoms with van der Waals surface area (Å²) in [5, 5.41) is 17.0. The van der Waals surface area contributed by atoms with Crippen molar-refractivity contribution in [1.29, 1.82) is 0 Å². The number of carbonyl (C=O) groups excluding carboxylic acids is 1. The summed E-state index contributed by atoms with van der Waals surface area (Å²) in [6, 6.07) is 7.63. The van der Waals surface area contributed by atoms with Crippen molar-refractivity contribution in [2.45, 2.75) is 45.3 Å². The number of carbonyl (C=O) groups is 1. The summed E-state index contributed by atoms with van der Waals surface area (Å²) in [4.78, 5) is 18.9. The minimum absolute atomic E-state index is 0.0151. The van der Waals surface area contributed by atoms with Gasteiger partial charge in [-0.3, -0.25) is 4.79 Å². The third-order valence-electron chi connectivity index (χ3n) is 5.32. The lowest BCUT2D eigenvalue weighted by atomic mass is 9.94. The molecule has 1 aromatic heterocycles. The number of aliphatic hydroxyl groups is 1. The lowest BCUT2D eigenvalue weighted by molar-refractivity contribution is -0.128. The maximum Gasteiger partial charge on any atom is 0.324 e. The van der Waals surface area contributed by atoms with E-state index in [0.717, 1.165) is 11.3 Å². The van der Waals surface area contributed by atoms with Crippen molar-refractivity contribution in [2.24, 2.45) is 5.92 Å². The molecule has 1 saturated heterocycles. The number of methoxy groups -OCH3 is 1. The number of piperidine rings is 1. The van der Waals surface area contributed by atoms with Gasteiger partial charge in [-0.2, -0.15) is 4.98 Å². The fraction of sp³-hybridized carbons (Fsp3) is 0.550. The van der Waals surface area contributed by atoms with Crippen LogP contribution in [0.3, 0.4) is 0 Å². The smallest absolute Gasteiger partial charge is 0.324 e. The molecule has 1 fully saturated rings. The van der Waals surface area contributed by atoms with E-state index in [1.807, 2.05) is 36.1 Å². The van der Waals surface area contributed by atoms with E-state index in [1.54, 1.807) is 21.0 Å². The van der Waals surface area contributed by atoms with Crippen LogP contribution in [0, 0.1) is 5.92 Å². The van der Waals surface area contributed by atoms with Crippen molar-refractivity contribution in [3.05, 3.63) is 24.3 Å². The summed E-state index contributed by atoms with van der Waals surface area (Å²) in [5.74, 6) is 1.20. The molecule has 0 radical (unpaired) electrons. The molecule has 152 valence electrons. The zero-order valence-electron chi connectivity index (χ0n) is 16.8. The molecule has 1 aromatic carbocycles. The van der Waals surface area contributed by atoms with Crippen LogP contribution in [0.15, 0.2) is 28.8 Å². The van der Waals surface area contributed by atoms with Gasteiger partial charge in [-0.05, 0) is 57.9 Å². The predicted molar refractivity (Wildman–Crippen MR) is 105 cm³/mol. The van der Waals surface area contributed by atoms with Gasteiger partial charge in [-0.15, -0.1) is 0 Å². The lowest BCUT2D eigenvalue weighted by Crippen LogP contribution is -2.50. The van der Waals surface area contributed by atoms with E-state index in [0.29, 0.717) is 37.8 Å². The van der Waals surface area contributed by atoms with Crippen molar-refractivity contribution in [2.75, 3.05) is 25.1 Å². The van der Waals surface area contributed by atoms with Crippen LogP contribution >= 0.6 is 0 Å². The summed E-state index contributed by atoms with van der Waals surface area (Å²) in [5.41, 5.74) is -0.0940. The number of aromatic nitrogens is 2. The minimum Gasteiger partial charge on any atom is -0.497 e. The van der Waals surface area contributed by atoms with Crippen LogP contribution in [-0.2, 0) is 4.79 Å². The Morgan fingerprint density at radius 2 is 1.96 bits per heavy atom. The third-order valence-corrected chi connectivity index (χ3v) is 5.32. The molecule has 8 heteroatoms. The van der Waals surface area contributed by atoms with Crippen molar-refractivity contribution < 1.29 is 19.2 Å². The first-order valence-corrected chi connectivity index (χ1v) is 9.53. The largest absolute Gasteiger partial charge is 0.497 e. The second kappa shape index (κ2) is 8.18. The van der Waals surface area contributed by atoms with Gasteiger partial charge in [0.1, 0.15) is 5.75 Å². The zero-order valence-corrected chi connectivity index (χ0v) is 16.8. The predicted octanol–water partition coefficient (Wildman–Crippen LogP) is 2.24. The lowest BCUT2D eigenvalue weighted by Gasteiger charge is -2.32. The van der Waals surface area contributed by atoms with E-state index in [4.69, 9.17) is 9.26 Å². The van der Waals surface area contributed by atoms with Crippen molar-refractivity contribution in [3.8, 4) is 17.1 Å². The van der Waals surface area contributed by atoms with Crippen LogP contribution in [-0.4, -0.2) is 53.0 Å². The van der Waals surface area contributed by atoms with E-state index < -0.39 is 5.60 Å². The molecular formula is C20H28N4O4. The van der Waals surface area contributed by atoms with E-state index in [1.165, 1.54) is 0 Å². The summed E-state index contributed by atoms with van der Waals surface area (Å²) in [6.07, 6.45) is 1.40. The van der Waals surface area contributed by atoms with Gasteiger partial charge in [-0.25, -0.2) is 0 Å². The van der Waals surface area contributed by atoms with Crippen LogP contribution in [0.25, 0.3) is 11.4 Å². The summed E-state index contributed by atoms with van der Waals surface area (Å²) in [7, 11) is 1.62. The van der Waals surface area contributed by atoms with E-state index in [9.17, 15) is 9.90 Å². The molecule has 1 atom stereocenters. The molecule has 2 N–H and O–H groups in total. The van der Waals surface area contributed by atoms with Crippen LogP contribution < -0.4 is 15.0 Å². The molecule has 1 unspecified atom stereocenters. The first kappa shape index (κ1) is 20.1. The molecule has 1 aliphatic heterocycles. The molecule has 0 spiro atoms. The Labute approximate surface area is 164 Å². The summed E-state index contributed by atoms with van der Waals surface area (Å²) < 4.78 is 10.6. The number of anilines is 1. The maximum atomic E-state index is 12.4. The second-order valence-corrected chi connectivity index (χ2v) is 7.77. The second-order valence-electron chi connectivity index (χ2n) is 7.77. The van der Waals surface area contributed by atoms with Gasteiger partial charge in [-0.1, -0.05) is 5.16 Å². The highest BCUT2D eigenvalue weighted by Crippen LogP contribution is 2.26. The van der Waals surface area contributed by atoms with Gasteiger partial charge in [0.25, 0.3) is 0 Å². The number of nitrogens with zero attached hydrogens (tertiary/aromatic N) is 3. The minimum atomic E-state index is -0.946. The number of hydrogen-bond donors (Lipinski definition) is 2. The van der Waals surface area contributed by atoms with Gasteiger partial charge < -0.3 is 24.6 Å². The Kier molecular flexibility index (Phi) is 5.88. The number of benzene rings is 1. The Morgan fingerprint density at radius 3 is 2.54 bits per heavy atom. The molecule has 0 saturated carbocycles. The Morgan fingerprint density at radius 1 is 1.32 bits per heavy atom. The van der Waals surface area contributed by atoms with Gasteiger partial charge >= 0.3 is 6.01 Å². The molecule has 0 aliphatic carbocycles. The highest BCUT2D eigenvalue weighted by Gasteiger charge is 2.31. The first-order chi connectivity index (χ1) is 13.3. The molecular weight excluding hydrogens is 360 g/mol. The SMILES string of the molecule is COc1ccc(-c2noc(N3CCC(C(=O)NC(C)C(C)(C)O)CC3)n2)cc1. The normalized spacial score (nSPS) is 16.7. The number of ether oxygens (including phenoxy) is 1. The average molecular weight is 388 g/mol. The van der Waals surface area contributed by atoms with Crippen LogP contribution in [0.5, 0.6) is 5.75 Å². The van der Waals surface area contributed by atoms with Crippen molar-refractivity contribution >= 4 is 11.9 Å². The van der Waals surface area contributed by atoms with Crippen LogP contribution in [0.1, 0.15) is 33.6 Å². The molecule has 2 aromatic rings.